The van der Waals surface area contributed by atoms with E-state index in [1.807, 2.05) is 4.72 Å². The smallest absolute Gasteiger partial charge is 0.387 e. The second-order valence-electron chi connectivity index (χ2n) is 6.48. The SMILES string of the molecule is Cc1cc(S(=O)(=O)NC(=O)c2ccc(OC(F)F)cc2)sc1S(=O)(=O)N1CCCC1. The number of carbonyl (C=O) groups is 1. The average Bonchev–Trinajstić information content (AvgIpc) is 3.32. The van der Waals surface area contributed by atoms with E-state index in [1.54, 1.807) is 0 Å². The molecule has 0 bridgehead atoms. The average molecular weight is 481 g/mol. The van der Waals surface area contributed by atoms with E-state index in [1.165, 1.54) is 17.3 Å². The maximum Gasteiger partial charge on any atom is 0.387 e. The molecular weight excluding hydrogens is 462 g/mol. The maximum absolute atomic E-state index is 12.7. The van der Waals surface area contributed by atoms with E-state index in [0.717, 1.165) is 37.1 Å². The van der Waals surface area contributed by atoms with Crippen LogP contribution in [0.5, 0.6) is 5.75 Å². The molecule has 0 radical (unpaired) electrons. The molecule has 1 aromatic carbocycles. The first-order valence-electron chi connectivity index (χ1n) is 8.73. The number of carbonyl (C=O) groups excluding carboxylic acids is 1. The Morgan fingerprint density at radius 1 is 1.13 bits per heavy atom. The van der Waals surface area contributed by atoms with Gasteiger partial charge in [-0.15, -0.1) is 11.3 Å². The lowest BCUT2D eigenvalue weighted by atomic mass is 10.2. The first-order chi connectivity index (χ1) is 14.0. The van der Waals surface area contributed by atoms with Gasteiger partial charge in [0, 0.05) is 18.7 Å². The van der Waals surface area contributed by atoms with Crippen LogP contribution in [0.2, 0.25) is 0 Å². The first kappa shape index (κ1) is 22.6. The molecule has 1 amide bonds. The fraction of sp³-hybridized carbons (Fsp3) is 0.353. The Kier molecular flexibility index (Phi) is 6.45. The molecule has 8 nitrogen and oxygen atoms in total. The summed E-state index contributed by atoms with van der Waals surface area (Å²) in [5.74, 6) is -1.18. The number of sulfonamides is 2. The van der Waals surface area contributed by atoms with Crippen LogP contribution >= 0.6 is 11.3 Å². The van der Waals surface area contributed by atoms with Gasteiger partial charge in [0.25, 0.3) is 26.0 Å². The Morgan fingerprint density at radius 2 is 1.73 bits per heavy atom. The number of nitrogens with one attached hydrogen (secondary N) is 1. The number of nitrogens with zero attached hydrogens (tertiary/aromatic N) is 1. The van der Waals surface area contributed by atoms with Gasteiger partial charge in [0.1, 0.15) is 14.2 Å². The highest BCUT2D eigenvalue weighted by molar-refractivity contribution is 7.94. The number of hydrogen-bond donors (Lipinski definition) is 1. The van der Waals surface area contributed by atoms with Crippen molar-refractivity contribution in [3.05, 3.63) is 41.5 Å². The summed E-state index contributed by atoms with van der Waals surface area (Å²) in [4.78, 5) is 12.3. The molecule has 2 aromatic rings. The van der Waals surface area contributed by atoms with E-state index in [9.17, 15) is 30.4 Å². The summed E-state index contributed by atoms with van der Waals surface area (Å²) in [6.07, 6.45) is 1.48. The number of ether oxygens (including phenoxy) is 1. The summed E-state index contributed by atoms with van der Waals surface area (Å²) in [5, 5.41) is 0. The second kappa shape index (κ2) is 8.57. The van der Waals surface area contributed by atoms with Crippen LogP contribution in [0, 0.1) is 6.92 Å². The Labute approximate surface area is 176 Å². The first-order valence-corrected chi connectivity index (χ1v) is 12.5. The zero-order valence-corrected chi connectivity index (χ0v) is 18.1. The van der Waals surface area contributed by atoms with Crippen molar-refractivity contribution < 1.29 is 35.1 Å². The fourth-order valence-corrected chi connectivity index (χ4v) is 7.74. The lowest BCUT2D eigenvalue weighted by Gasteiger charge is -2.14. The van der Waals surface area contributed by atoms with Crippen LogP contribution < -0.4 is 9.46 Å². The van der Waals surface area contributed by atoms with Crippen molar-refractivity contribution in [2.24, 2.45) is 0 Å². The molecule has 0 atom stereocenters. The van der Waals surface area contributed by atoms with E-state index in [0.29, 0.717) is 24.4 Å². The number of hydrogen-bond acceptors (Lipinski definition) is 7. The van der Waals surface area contributed by atoms with Crippen molar-refractivity contribution in [3.63, 3.8) is 0 Å². The Balaban J connectivity index is 1.80. The summed E-state index contributed by atoms with van der Waals surface area (Å²) in [5.41, 5.74) is 0.173. The number of benzene rings is 1. The van der Waals surface area contributed by atoms with E-state index < -0.39 is 32.6 Å². The minimum atomic E-state index is -4.34. The van der Waals surface area contributed by atoms with Crippen LogP contribution in [0.3, 0.4) is 0 Å². The molecule has 30 heavy (non-hydrogen) atoms. The van der Waals surface area contributed by atoms with Crippen LogP contribution in [-0.2, 0) is 20.0 Å². The minimum Gasteiger partial charge on any atom is -0.435 e. The van der Waals surface area contributed by atoms with Gasteiger partial charge in [0.05, 0.1) is 0 Å². The summed E-state index contributed by atoms with van der Waals surface area (Å²) in [7, 11) is -8.14. The summed E-state index contributed by atoms with van der Waals surface area (Å²) in [6.45, 7) is -0.784. The standard InChI is InChI=1S/C17H18F2N2O6S3/c1-11-10-14(28-16(11)30(25,26)21-8-2-3-9-21)29(23,24)20-15(22)12-4-6-13(7-5-12)27-17(18)19/h4-7,10,17H,2-3,8-9H2,1H3,(H,20,22). The van der Waals surface area contributed by atoms with Gasteiger partial charge in [-0.25, -0.2) is 21.6 Å². The molecule has 0 spiro atoms. The van der Waals surface area contributed by atoms with E-state index >= 15 is 0 Å². The number of aryl methyl sites for hydroxylation is 1. The van der Waals surface area contributed by atoms with Gasteiger partial charge in [-0.05, 0) is 55.7 Å². The highest BCUT2D eigenvalue weighted by atomic mass is 32.3. The van der Waals surface area contributed by atoms with Gasteiger partial charge >= 0.3 is 6.61 Å². The van der Waals surface area contributed by atoms with Gasteiger partial charge in [-0.1, -0.05) is 0 Å². The van der Waals surface area contributed by atoms with Crippen LogP contribution in [0.1, 0.15) is 28.8 Å². The zero-order valence-electron chi connectivity index (χ0n) is 15.7. The van der Waals surface area contributed by atoms with Crippen LogP contribution in [0.15, 0.2) is 38.8 Å². The molecule has 1 aliphatic heterocycles. The van der Waals surface area contributed by atoms with Crippen LogP contribution in [0.4, 0.5) is 8.78 Å². The number of alkyl halides is 2. The molecule has 0 aliphatic carbocycles. The molecule has 0 saturated carbocycles. The van der Waals surface area contributed by atoms with Crippen molar-refractivity contribution in [2.75, 3.05) is 13.1 Å². The normalized spacial score (nSPS) is 15.5. The lowest BCUT2D eigenvalue weighted by Crippen LogP contribution is -2.30. The predicted molar refractivity (Wildman–Crippen MR) is 105 cm³/mol. The van der Waals surface area contributed by atoms with Crippen molar-refractivity contribution in [1.29, 1.82) is 0 Å². The molecule has 1 saturated heterocycles. The summed E-state index contributed by atoms with van der Waals surface area (Å²) < 4.78 is 82.0. The van der Waals surface area contributed by atoms with Gasteiger partial charge in [0.15, 0.2) is 0 Å². The van der Waals surface area contributed by atoms with Gasteiger partial charge < -0.3 is 4.74 Å². The predicted octanol–water partition coefficient (Wildman–Crippen LogP) is 2.56. The number of thiophene rings is 1. The molecule has 1 fully saturated rings. The maximum atomic E-state index is 12.7. The molecule has 1 N–H and O–H groups in total. The molecule has 164 valence electrons. The summed E-state index contributed by atoms with van der Waals surface area (Å²) >= 11 is 0.571. The number of halogens is 2. The number of amides is 1. The number of rotatable bonds is 7. The third kappa shape index (κ3) is 4.79. The van der Waals surface area contributed by atoms with Crippen molar-refractivity contribution in [2.45, 2.75) is 34.8 Å². The lowest BCUT2D eigenvalue weighted by molar-refractivity contribution is -0.0498. The van der Waals surface area contributed by atoms with Crippen molar-refractivity contribution in [3.8, 4) is 5.75 Å². The Hall–Kier alpha value is -2.09. The molecule has 1 aliphatic rings. The fourth-order valence-electron chi connectivity index (χ4n) is 2.89. The third-order valence-electron chi connectivity index (χ3n) is 4.32. The van der Waals surface area contributed by atoms with Crippen molar-refractivity contribution in [1.82, 2.24) is 9.03 Å². The molecule has 0 unspecified atom stereocenters. The highest BCUT2D eigenvalue weighted by Crippen LogP contribution is 2.33. The third-order valence-corrected chi connectivity index (χ3v) is 9.88. The minimum absolute atomic E-state index is 0.0780. The van der Waals surface area contributed by atoms with Gasteiger partial charge in [-0.3, -0.25) is 4.79 Å². The zero-order chi connectivity index (χ0) is 22.1. The van der Waals surface area contributed by atoms with E-state index in [2.05, 4.69) is 4.74 Å². The topological polar surface area (TPSA) is 110 Å². The van der Waals surface area contributed by atoms with Crippen LogP contribution in [0.25, 0.3) is 0 Å². The largest absolute Gasteiger partial charge is 0.435 e. The monoisotopic (exact) mass is 480 g/mol. The Bertz CT molecular complexity index is 1140. The quantitative estimate of drug-likeness (QED) is 0.652. The molecule has 1 aromatic heterocycles. The molecule has 13 heteroatoms. The van der Waals surface area contributed by atoms with Gasteiger partial charge in [-0.2, -0.15) is 13.1 Å². The molecular formula is C17H18F2N2O6S3. The summed E-state index contributed by atoms with van der Waals surface area (Å²) in [6, 6.07) is 5.66. The molecule has 3 rings (SSSR count). The van der Waals surface area contributed by atoms with Crippen molar-refractivity contribution >= 4 is 37.3 Å². The Morgan fingerprint density at radius 3 is 2.30 bits per heavy atom. The second-order valence-corrected chi connectivity index (χ2v) is 11.6. The molecule has 2 heterocycles. The van der Waals surface area contributed by atoms with E-state index in [-0.39, 0.29) is 25.3 Å². The van der Waals surface area contributed by atoms with E-state index in [4.69, 9.17) is 0 Å². The van der Waals surface area contributed by atoms with Gasteiger partial charge in [0.2, 0.25) is 0 Å². The highest BCUT2D eigenvalue weighted by Gasteiger charge is 2.32. The van der Waals surface area contributed by atoms with Crippen LogP contribution in [-0.4, -0.2) is 46.7 Å².